The van der Waals surface area contributed by atoms with E-state index in [0.717, 1.165) is 5.56 Å². The first-order valence-corrected chi connectivity index (χ1v) is 12.6. The maximum atomic E-state index is 13.7. The van der Waals surface area contributed by atoms with Gasteiger partial charge < -0.3 is 20.3 Å². The van der Waals surface area contributed by atoms with Gasteiger partial charge >= 0.3 is 7.12 Å². The third-order valence-electron chi connectivity index (χ3n) is 7.12. The number of nitriles is 1. The van der Waals surface area contributed by atoms with Gasteiger partial charge in [-0.15, -0.1) is 0 Å². The van der Waals surface area contributed by atoms with Crippen molar-refractivity contribution in [2.24, 2.45) is 5.92 Å². The average molecular weight is 516 g/mol. The number of nitrogens with zero attached hydrogens (tertiary/aromatic N) is 3. The van der Waals surface area contributed by atoms with Crippen molar-refractivity contribution in [1.82, 2.24) is 15.1 Å². The lowest BCUT2D eigenvalue weighted by molar-refractivity contribution is -0.130. The van der Waals surface area contributed by atoms with Crippen LogP contribution < -0.4 is 5.32 Å². The number of hydrogen-bond donors (Lipinski definition) is 3. The zero-order valence-electron chi connectivity index (χ0n) is 21.4. The van der Waals surface area contributed by atoms with Crippen LogP contribution in [0.25, 0.3) is 0 Å². The number of carbonyl (C=O) groups excluding carboxylic acids is 2. The molecule has 37 heavy (non-hydrogen) atoms. The molecular formula is C26H35BF2N4O4. The number of alkyl halides is 2. The Labute approximate surface area is 217 Å². The van der Waals surface area contributed by atoms with E-state index < -0.39 is 37.0 Å². The molecule has 0 aromatic heterocycles. The van der Waals surface area contributed by atoms with Crippen LogP contribution in [0.5, 0.6) is 0 Å². The molecule has 2 aliphatic heterocycles. The van der Waals surface area contributed by atoms with E-state index >= 15 is 0 Å². The van der Waals surface area contributed by atoms with Gasteiger partial charge in [0, 0.05) is 38.0 Å². The molecule has 0 unspecified atom stereocenters. The minimum Gasteiger partial charge on any atom is -0.426 e. The number of nitrogens with one attached hydrogen (secondary N) is 1. The van der Waals surface area contributed by atoms with Crippen molar-refractivity contribution in [3.8, 4) is 6.07 Å². The number of piperidine rings is 1. The molecule has 0 aliphatic carbocycles. The molecule has 2 fully saturated rings. The zero-order valence-corrected chi connectivity index (χ0v) is 21.4. The standard InChI is InChI=1S/C26H35BF2N4O4/c1-25(2,33-12-10-26(28,29)18-33)15-21(16-30)24(35)32-11-6-9-20(17-32)14-23(34)31-22(27(36)37)13-19-7-4-3-5-8-19/h3-5,7-8,15,20,22,36-37H,6,9-14,17-18H2,1-2H3,(H,31,34)/t20-,22+/m1/s1. The van der Waals surface area contributed by atoms with E-state index in [1.54, 1.807) is 18.7 Å². The van der Waals surface area contributed by atoms with Gasteiger partial charge in [0.2, 0.25) is 5.91 Å². The Morgan fingerprint density at radius 2 is 2.00 bits per heavy atom. The van der Waals surface area contributed by atoms with E-state index in [-0.39, 0.29) is 49.8 Å². The molecule has 2 aliphatic rings. The number of carbonyl (C=O) groups is 2. The Kier molecular flexibility index (Phi) is 9.45. The van der Waals surface area contributed by atoms with E-state index in [1.807, 2.05) is 36.4 Å². The van der Waals surface area contributed by atoms with Crippen LogP contribution in [0.1, 0.15) is 45.1 Å². The van der Waals surface area contributed by atoms with Gasteiger partial charge in [0.1, 0.15) is 11.6 Å². The van der Waals surface area contributed by atoms with E-state index in [2.05, 4.69) is 5.32 Å². The highest BCUT2D eigenvalue weighted by Gasteiger charge is 2.43. The molecule has 0 radical (unpaired) electrons. The second kappa shape index (κ2) is 12.2. The highest BCUT2D eigenvalue weighted by atomic mass is 19.3. The number of benzene rings is 1. The quantitative estimate of drug-likeness (QED) is 0.263. The molecule has 2 saturated heterocycles. The van der Waals surface area contributed by atoms with Gasteiger partial charge in [-0.2, -0.15) is 5.26 Å². The second-order valence-electron chi connectivity index (χ2n) is 10.6. The number of likely N-dealkylation sites (tertiary alicyclic amines) is 2. The second-order valence-corrected chi connectivity index (χ2v) is 10.6. The summed E-state index contributed by atoms with van der Waals surface area (Å²) < 4.78 is 27.4. The lowest BCUT2D eigenvalue weighted by Crippen LogP contribution is -2.49. The van der Waals surface area contributed by atoms with Gasteiger partial charge in [-0.1, -0.05) is 30.3 Å². The topological polar surface area (TPSA) is 117 Å². The summed E-state index contributed by atoms with van der Waals surface area (Å²) in [4.78, 5) is 29.0. The van der Waals surface area contributed by atoms with Gasteiger partial charge in [0.25, 0.3) is 11.8 Å². The minimum absolute atomic E-state index is 0.0990. The summed E-state index contributed by atoms with van der Waals surface area (Å²) in [5, 5.41) is 31.8. The third kappa shape index (κ3) is 8.09. The highest BCUT2D eigenvalue weighted by Crippen LogP contribution is 2.33. The van der Waals surface area contributed by atoms with E-state index in [0.29, 0.717) is 19.4 Å². The van der Waals surface area contributed by atoms with Crippen LogP contribution in [0.15, 0.2) is 42.0 Å². The van der Waals surface area contributed by atoms with E-state index in [9.17, 15) is 33.7 Å². The number of halogens is 2. The van der Waals surface area contributed by atoms with Gasteiger partial charge in [-0.05, 0) is 50.7 Å². The average Bonchev–Trinajstić information content (AvgIpc) is 3.23. The Hall–Kier alpha value is -2.81. The monoisotopic (exact) mass is 516 g/mol. The predicted molar refractivity (Wildman–Crippen MR) is 135 cm³/mol. The lowest BCUT2D eigenvalue weighted by atomic mass is 9.75. The molecule has 2 atom stereocenters. The summed E-state index contributed by atoms with van der Waals surface area (Å²) in [6.07, 6.45) is 2.93. The molecule has 1 aromatic rings. The van der Waals surface area contributed by atoms with Crippen molar-refractivity contribution < 1.29 is 28.4 Å². The zero-order chi connectivity index (χ0) is 27.2. The van der Waals surface area contributed by atoms with Crippen molar-refractivity contribution in [3.05, 3.63) is 47.5 Å². The lowest BCUT2D eigenvalue weighted by Gasteiger charge is -2.35. The first kappa shape index (κ1) is 28.8. The molecule has 1 aromatic carbocycles. The summed E-state index contributed by atoms with van der Waals surface area (Å²) in [6.45, 7) is 3.90. The fourth-order valence-electron chi connectivity index (χ4n) is 5.03. The van der Waals surface area contributed by atoms with Crippen LogP contribution in [0, 0.1) is 17.2 Å². The summed E-state index contributed by atoms with van der Waals surface area (Å²) in [5.41, 5.74) is -0.141. The molecule has 8 nitrogen and oxygen atoms in total. The molecule has 2 amide bonds. The molecule has 0 saturated carbocycles. The summed E-state index contributed by atoms with van der Waals surface area (Å²) >= 11 is 0. The SMILES string of the molecule is CC(C)(C=C(C#N)C(=O)N1CCC[C@H](CC(=O)N[C@@H](Cc2ccccc2)B(O)O)C1)N1CCC(F)(F)C1. The van der Waals surface area contributed by atoms with Crippen LogP contribution in [-0.4, -0.2) is 82.4 Å². The summed E-state index contributed by atoms with van der Waals surface area (Å²) in [7, 11) is -1.73. The van der Waals surface area contributed by atoms with Crippen LogP contribution in [-0.2, 0) is 16.0 Å². The van der Waals surface area contributed by atoms with Gasteiger partial charge in [-0.3, -0.25) is 14.5 Å². The molecule has 11 heteroatoms. The van der Waals surface area contributed by atoms with Gasteiger partial charge in [0.05, 0.1) is 12.5 Å². The minimum atomic E-state index is -2.78. The van der Waals surface area contributed by atoms with Crippen molar-refractivity contribution in [2.45, 2.75) is 63.4 Å². The van der Waals surface area contributed by atoms with Gasteiger partial charge in [0.15, 0.2) is 0 Å². The molecule has 2 heterocycles. The summed E-state index contributed by atoms with van der Waals surface area (Å²) in [5.74, 6) is -4.63. The largest absolute Gasteiger partial charge is 0.475 e. The predicted octanol–water partition coefficient (Wildman–Crippen LogP) is 1.92. The summed E-state index contributed by atoms with van der Waals surface area (Å²) in [6, 6.07) is 11.1. The van der Waals surface area contributed by atoms with Crippen molar-refractivity contribution in [3.63, 3.8) is 0 Å². The van der Waals surface area contributed by atoms with E-state index in [1.165, 1.54) is 11.0 Å². The van der Waals surface area contributed by atoms with Crippen LogP contribution in [0.4, 0.5) is 8.78 Å². The third-order valence-corrected chi connectivity index (χ3v) is 7.12. The Bertz CT molecular complexity index is 1030. The highest BCUT2D eigenvalue weighted by molar-refractivity contribution is 6.43. The van der Waals surface area contributed by atoms with Gasteiger partial charge in [-0.25, -0.2) is 8.78 Å². The van der Waals surface area contributed by atoms with Crippen LogP contribution in [0.2, 0.25) is 0 Å². The van der Waals surface area contributed by atoms with Crippen LogP contribution >= 0.6 is 0 Å². The van der Waals surface area contributed by atoms with Crippen LogP contribution in [0.3, 0.4) is 0 Å². The molecule has 0 spiro atoms. The Morgan fingerprint density at radius 3 is 2.59 bits per heavy atom. The first-order valence-electron chi connectivity index (χ1n) is 12.6. The first-order chi connectivity index (χ1) is 17.4. The van der Waals surface area contributed by atoms with Crippen molar-refractivity contribution in [2.75, 3.05) is 26.2 Å². The molecule has 3 N–H and O–H groups in total. The van der Waals surface area contributed by atoms with Crippen molar-refractivity contribution in [1.29, 1.82) is 5.26 Å². The van der Waals surface area contributed by atoms with E-state index in [4.69, 9.17) is 0 Å². The Balaban J connectivity index is 1.59. The molecule has 200 valence electrons. The normalized spacial score (nSPS) is 21.3. The fourth-order valence-corrected chi connectivity index (χ4v) is 5.03. The number of rotatable bonds is 9. The molecule has 3 rings (SSSR count). The van der Waals surface area contributed by atoms with Crippen molar-refractivity contribution >= 4 is 18.9 Å². The number of hydrogen-bond acceptors (Lipinski definition) is 6. The number of amides is 2. The Morgan fingerprint density at radius 1 is 1.30 bits per heavy atom. The molecule has 0 bridgehead atoms. The fraction of sp³-hybridized carbons (Fsp3) is 0.577. The maximum Gasteiger partial charge on any atom is 0.475 e. The molecular weight excluding hydrogens is 481 g/mol. The maximum absolute atomic E-state index is 13.7. The smallest absolute Gasteiger partial charge is 0.426 e.